The van der Waals surface area contributed by atoms with Crippen molar-refractivity contribution in [2.75, 3.05) is 13.1 Å². The van der Waals surface area contributed by atoms with E-state index in [9.17, 15) is 19.2 Å². The van der Waals surface area contributed by atoms with Crippen molar-refractivity contribution >= 4 is 24.0 Å². The van der Waals surface area contributed by atoms with Crippen LogP contribution in [0.2, 0.25) is 0 Å². The van der Waals surface area contributed by atoms with Crippen LogP contribution in [-0.4, -0.2) is 78.0 Å². The summed E-state index contributed by atoms with van der Waals surface area (Å²) in [6, 6.07) is 31.9. The number of benzene rings is 4. The number of amides is 4. The van der Waals surface area contributed by atoms with E-state index < -0.39 is 35.5 Å². The number of rotatable bonds is 10. The lowest BCUT2D eigenvalue weighted by atomic mass is 10.0. The molecule has 4 atom stereocenters. The van der Waals surface area contributed by atoms with Gasteiger partial charge in [-0.25, -0.2) is 19.6 Å². The summed E-state index contributed by atoms with van der Waals surface area (Å²) in [5.41, 5.74) is 5.12. The third kappa shape index (κ3) is 11.5. The van der Waals surface area contributed by atoms with Gasteiger partial charge in [0.25, 0.3) is 11.8 Å². The van der Waals surface area contributed by atoms with Gasteiger partial charge in [0.05, 0.1) is 35.9 Å². The molecule has 0 aliphatic carbocycles. The van der Waals surface area contributed by atoms with Gasteiger partial charge in [0.1, 0.15) is 34.9 Å². The summed E-state index contributed by atoms with van der Waals surface area (Å²) < 4.78 is 11.0. The van der Waals surface area contributed by atoms with E-state index >= 15 is 0 Å². The number of hydrogen-bond donors (Lipinski definition) is 4. The second-order valence-corrected chi connectivity index (χ2v) is 19.1. The van der Waals surface area contributed by atoms with Gasteiger partial charge < -0.3 is 39.9 Å². The number of aromatic nitrogens is 4. The summed E-state index contributed by atoms with van der Waals surface area (Å²) in [4.78, 5) is 73.9. The molecule has 4 heterocycles. The van der Waals surface area contributed by atoms with Crippen LogP contribution in [0.4, 0.5) is 9.59 Å². The maximum absolute atomic E-state index is 14.1. The normalized spacial score (nSPS) is 16.9. The predicted molar refractivity (Wildman–Crippen MR) is 259 cm³/mol. The van der Waals surface area contributed by atoms with Crippen molar-refractivity contribution in [2.24, 2.45) is 0 Å². The van der Waals surface area contributed by atoms with E-state index in [0.717, 1.165) is 59.3 Å². The van der Waals surface area contributed by atoms with Crippen LogP contribution in [0.15, 0.2) is 122 Å². The number of nitrogens with zero attached hydrogens (tertiary/aromatic N) is 4. The third-order valence-corrected chi connectivity index (χ3v) is 11.7. The van der Waals surface area contributed by atoms with E-state index in [1.807, 2.05) is 109 Å². The summed E-state index contributed by atoms with van der Waals surface area (Å²) in [7, 11) is 0. The van der Waals surface area contributed by atoms with Crippen molar-refractivity contribution in [2.45, 2.75) is 103 Å². The van der Waals surface area contributed by atoms with E-state index in [-0.39, 0.29) is 23.9 Å². The lowest BCUT2D eigenvalue weighted by Gasteiger charge is -2.29. The molecule has 68 heavy (non-hydrogen) atoms. The van der Waals surface area contributed by atoms with Crippen molar-refractivity contribution < 1.29 is 28.7 Å². The Morgan fingerprint density at radius 2 is 0.941 bits per heavy atom. The van der Waals surface area contributed by atoms with Crippen LogP contribution in [0.3, 0.4) is 0 Å². The van der Waals surface area contributed by atoms with E-state index in [1.165, 1.54) is 0 Å². The molecule has 8 rings (SSSR count). The zero-order chi connectivity index (χ0) is 48.0. The van der Waals surface area contributed by atoms with Gasteiger partial charge in [0.2, 0.25) is 0 Å². The average Bonchev–Trinajstić information content (AvgIpc) is 4.16. The number of likely N-dealkylation sites (tertiary alicyclic amines) is 2. The molecule has 4 aromatic carbocycles. The maximum Gasteiger partial charge on any atom is 0.408 e. The van der Waals surface area contributed by atoms with Crippen LogP contribution in [0.25, 0.3) is 22.5 Å². The largest absolute Gasteiger partial charge is 0.444 e. The fourth-order valence-corrected chi connectivity index (χ4v) is 8.59. The Morgan fingerprint density at radius 3 is 1.29 bits per heavy atom. The number of carbonyl (C=O) groups excluding carboxylic acids is 4. The molecule has 2 aliphatic rings. The SMILES string of the molecule is CC(C)(C)OC(=O)NC(C(=O)N1CCCC1c1ncc(-c2ccc(C#Cc3ccc(-c4cnc(C5CCCN5C(=O)C(NC(=O)OC(C)(C)C)c5ccccc5)[nH]4)cc3)cc2)[nH]1)c1ccccc1. The predicted octanol–water partition coefficient (Wildman–Crippen LogP) is 9.73. The van der Waals surface area contributed by atoms with Crippen molar-refractivity contribution in [3.63, 3.8) is 0 Å². The second-order valence-electron chi connectivity index (χ2n) is 19.1. The van der Waals surface area contributed by atoms with Gasteiger partial charge >= 0.3 is 12.2 Å². The number of ether oxygens (including phenoxy) is 2. The second kappa shape index (κ2) is 20.1. The van der Waals surface area contributed by atoms with Crippen molar-refractivity contribution in [3.05, 3.63) is 155 Å². The molecule has 2 aliphatic heterocycles. The average molecular weight is 915 g/mol. The van der Waals surface area contributed by atoms with E-state index in [4.69, 9.17) is 19.4 Å². The van der Waals surface area contributed by atoms with Crippen LogP contribution in [0, 0.1) is 11.8 Å². The first kappa shape index (κ1) is 46.9. The highest BCUT2D eigenvalue weighted by molar-refractivity contribution is 5.88. The van der Waals surface area contributed by atoms with Crippen LogP contribution in [0.1, 0.15) is 125 Å². The Labute approximate surface area is 397 Å². The number of H-pyrrole nitrogens is 2. The molecule has 4 N–H and O–H groups in total. The van der Waals surface area contributed by atoms with Gasteiger partial charge in [-0.15, -0.1) is 0 Å². The monoisotopic (exact) mass is 914 g/mol. The van der Waals surface area contributed by atoms with Gasteiger partial charge in [-0.2, -0.15) is 0 Å². The molecular weight excluding hydrogens is 857 g/mol. The van der Waals surface area contributed by atoms with Crippen LogP contribution >= 0.6 is 0 Å². The molecule has 14 nitrogen and oxygen atoms in total. The highest BCUT2D eigenvalue weighted by Gasteiger charge is 2.39. The maximum atomic E-state index is 14.1. The molecule has 0 spiro atoms. The van der Waals surface area contributed by atoms with E-state index in [1.54, 1.807) is 63.7 Å². The lowest BCUT2D eigenvalue weighted by molar-refractivity contribution is -0.135. The lowest BCUT2D eigenvalue weighted by Crippen LogP contribution is -2.44. The first-order valence-electron chi connectivity index (χ1n) is 23.1. The molecule has 350 valence electrons. The quantitative estimate of drug-likeness (QED) is 0.0983. The summed E-state index contributed by atoms with van der Waals surface area (Å²) in [5, 5.41) is 5.63. The van der Waals surface area contributed by atoms with Crippen LogP contribution in [0.5, 0.6) is 0 Å². The number of nitrogens with one attached hydrogen (secondary N) is 4. The summed E-state index contributed by atoms with van der Waals surface area (Å²) >= 11 is 0. The number of aromatic amines is 2. The summed E-state index contributed by atoms with van der Waals surface area (Å²) in [5.74, 6) is 7.46. The Morgan fingerprint density at radius 1 is 0.574 bits per heavy atom. The van der Waals surface area contributed by atoms with Crippen LogP contribution < -0.4 is 10.6 Å². The van der Waals surface area contributed by atoms with Gasteiger partial charge in [0, 0.05) is 24.2 Å². The van der Waals surface area contributed by atoms with Gasteiger partial charge in [0.15, 0.2) is 0 Å². The van der Waals surface area contributed by atoms with Crippen molar-refractivity contribution in [3.8, 4) is 34.4 Å². The minimum Gasteiger partial charge on any atom is -0.444 e. The first-order chi connectivity index (χ1) is 32.6. The molecule has 14 heteroatoms. The van der Waals surface area contributed by atoms with Gasteiger partial charge in [-0.3, -0.25) is 9.59 Å². The fraction of sp³-hybridized carbons (Fsp3) is 0.333. The molecule has 4 unspecified atom stereocenters. The Hall–Kier alpha value is -7.66. The molecule has 0 radical (unpaired) electrons. The molecule has 0 saturated carbocycles. The van der Waals surface area contributed by atoms with Gasteiger partial charge in [-0.05, 0) is 114 Å². The third-order valence-electron chi connectivity index (χ3n) is 11.7. The summed E-state index contributed by atoms with van der Waals surface area (Å²) in [6.45, 7) is 11.8. The van der Waals surface area contributed by atoms with Crippen molar-refractivity contribution in [1.82, 2.24) is 40.4 Å². The molecule has 6 aromatic rings. The molecule has 4 amide bonds. The zero-order valence-corrected chi connectivity index (χ0v) is 39.3. The summed E-state index contributed by atoms with van der Waals surface area (Å²) in [6.07, 6.45) is 5.34. The molecular formula is C54H58N8O6. The standard InChI is InChI=1S/C54H58N8O6/c1-53(2,3)67-51(65)59-45(39-15-9-7-10-16-39)49(63)61-31-13-19-43(61)47-55-33-41(57-47)37-27-23-35(24-28-37)21-22-36-25-29-38(30-26-36)42-34-56-48(58-42)44-20-14-32-62(44)50(64)46(40-17-11-8-12-18-40)60-52(66)68-54(4,5)6/h7-12,15-18,23-30,33-34,43-46H,13-14,19-20,31-32H2,1-6H3,(H,55,57)(H,56,58)(H,59,65)(H,60,66). The Balaban J connectivity index is 0.898. The minimum atomic E-state index is -0.913. The van der Waals surface area contributed by atoms with Crippen LogP contribution in [-0.2, 0) is 19.1 Å². The number of alkyl carbamates (subject to hydrolysis) is 2. The highest BCUT2D eigenvalue weighted by atomic mass is 16.6. The molecule has 2 saturated heterocycles. The molecule has 2 fully saturated rings. The first-order valence-corrected chi connectivity index (χ1v) is 23.1. The van der Waals surface area contributed by atoms with Gasteiger partial charge in [-0.1, -0.05) is 96.8 Å². The van der Waals surface area contributed by atoms with E-state index in [2.05, 4.69) is 32.4 Å². The smallest absolute Gasteiger partial charge is 0.408 e. The minimum absolute atomic E-state index is 0.220. The fourth-order valence-electron chi connectivity index (χ4n) is 8.59. The van der Waals surface area contributed by atoms with Crippen molar-refractivity contribution in [1.29, 1.82) is 0 Å². The number of carbonyl (C=O) groups is 4. The zero-order valence-electron chi connectivity index (χ0n) is 39.3. The Kier molecular flexibility index (Phi) is 13.8. The number of imidazole rings is 2. The molecule has 0 bridgehead atoms. The number of hydrogen-bond acceptors (Lipinski definition) is 8. The Bertz CT molecular complexity index is 2590. The molecule has 2 aromatic heterocycles. The topological polar surface area (TPSA) is 175 Å². The van der Waals surface area contributed by atoms with E-state index in [0.29, 0.717) is 35.9 Å². The highest BCUT2D eigenvalue weighted by Crippen LogP contribution is 2.36.